The number of rotatable bonds is 7. The first-order valence-corrected chi connectivity index (χ1v) is 8.18. The van der Waals surface area contributed by atoms with Crippen molar-refractivity contribution < 1.29 is 19.1 Å². The van der Waals surface area contributed by atoms with Crippen LogP contribution in [0, 0.1) is 0 Å². The van der Waals surface area contributed by atoms with Gasteiger partial charge < -0.3 is 15.0 Å². The van der Waals surface area contributed by atoms with Crippen molar-refractivity contribution in [2.24, 2.45) is 0 Å². The van der Waals surface area contributed by atoms with Crippen LogP contribution in [0.15, 0.2) is 36.9 Å². The largest absolute Gasteiger partial charge is 0.452 e. The van der Waals surface area contributed by atoms with Crippen LogP contribution in [-0.4, -0.2) is 63.7 Å². The van der Waals surface area contributed by atoms with Gasteiger partial charge in [-0.3, -0.25) is 9.59 Å². The van der Waals surface area contributed by atoms with Crippen molar-refractivity contribution >= 4 is 17.8 Å². The number of amides is 2. The lowest BCUT2D eigenvalue weighted by Gasteiger charge is -2.16. The summed E-state index contributed by atoms with van der Waals surface area (Å²) >= 11 is 0. The molecule has 2 amide bonds. The molecule has 3 rings (SSSR count). The van der Waals surface area contributed by atoms with E-state index in [1.165, 1.54) is 18.3 Å². The molecule has 9 nitrogen and oxygen atoms in total. The lowest BCUT2D eigenvalue weighted by Crippen LogP contribution is -2.40. The third kappa shape index (κ3) is 4.65. The number of esters is 1. The van der Waals surface area contributed by atoms with E-state index in [4.69, 9.17) is 4.74 Å². The minimum atomic E-state index is -0.612. The zero-order chi connectivity index (χ0) is 18.5. The van der Waals surface area contributed by atoms with Crippen LogP contribution in [0.5, 0.6) is 0 Å². The maximum absolute atomic E-state index is 12.0. The van der Waals surface area contributed by atoms with Crippen molar-refractivity contribution in [3.05, 3.63) is 42.5 Å². The van der Waals surface area contributed by atoms with Crippen molar-refractivity contribution in [2.45, 2.75) is 18.9 Å². The Balaban J connectivity index is 1.46. The number of likely N-dealkylation sites (N-methyl/N-ethyl adjacent to an activating group) is 1. The molecule has 0 radical (unpaired) electrons. The number of carbonyl (C=O) groups is 3. The Labute approximate surface area is 150 Å². The average molecular weight is 357 g/mol. The maximum atomic E-state index is 12.0. The van der Waals surface area contributed by atoms with Crippen molar-refractivity contribution in [1.82, 2.24) is 25.0 Å². The van der Waals surface area contributed by atoms with E-state index in [9.17, 15) is 14.4 Å². The van der Waals surface area contributed by atoms with Crippen LogP contribution in [0.2, 0.25) is 0 Å². The number of nitrogens with zero attached hydrogens (tertiary/aromatic N) is 4. The Kier molecular flexibility index (Phi) is 5.26. The molecule has 2 aromatic rings. The molecule has 1 heterocycles. The predicted octanol–water partition coefficient (Wildman–Crippen LogP) is 0.161. The second-order valence-corrected chi connectivity index (χ2v) is 6.05. The van der Waals surface area contributed by atoms with Gasteiger partial charge in [-0.1, -0.05) is 0 Å². The van der Waals surface area contributed by atoms with Crippen LogP contribution >= 0.6 is 0 Å². The second kappa shape index (κ2) is 7.77. The van der Waals surface area contributed by atoms with Gasteiger partial charge in [-0.05, 0) is 37.1 Å². The molecule has 1 aromatic heterocycles. The minimum Gasteiger partial charge on any atom is -0.452 e. The summed E-state index contributed by atoms with van der Waals surface area (Å²) in [5, 5.41) is 6.79. The molecular weight excluding hydrogens is 338 g/mol. The predicted molar refractivity (Wildman–Crippen MR) is 90.4 cm³/mol. The first-order valence-electron chi connectivity index (χ1n) is 8.18. The van der Waals surface area contributed by atoms with E-state index in [2.05, 4.69) is 15.4 Å². The summed E-state index contributed by atoms with van der Waals surface area (Å²) in [4.78, 5) is 40.8. The van der Waals surface area contributed by atoms with Crippen LogP contribution in [0.3, 0.4) is 0 Å². The van der Waals surface area contributed by atoms with E-state index < -0.39 is 18.5 Å². The summed E-state index contributed by atoms with van der Waals surface area (Å²) in [6, 6.07) is 6.79. The number of hydrogen-bond donors (Lipinski definition) is 1. The number of ether oxygens (including phenoxy) is 1. The van der Waals surface area contributed by atoms with E-state index in [1.54, 1.807) is 35.3 Å². The number of benzene rings is 1. The molecular formula is C17H19N5O4. The first-order chi connectivity index (χ1) is 12.5. The molecule has 136 valence electrons. The van der Waals surface area contributed by atoms with E-state index in [0.717, 1.165) is 18.5 Å². The SMILES string of the molecule is CN(CC(=O)NC1CC1)C(=O)COC(=O)c1ccc(-n2cncn2)cc1. The van der Waals surface area contributed by atoms with Gasteiger partial charge in [0.25, 0.3) is 5.91 Å². The third-order valence-electron chi connectivity index (χ3n) is 3.86. The summed E-state index contributed by atoms with van der Waals surface area (Å²) in [6.45, 7) is -0.476. The van der Waals surface area contributed by atoms with Crippen LogP contribution in [0.25, 0.3) is 5.69 Å². The van der Waals surface area contributed by atoms with Crippen molar-refractivity contribution in [3.8, 4) is 5.69 Å². The number of hydrogen-bond acceptors (Lipinski definition) is 6. The van der Waals surface area contributed by atoms with Crippen molar-refractivity contribution in [3.63, 3.8) is 0 Å². The zero-order valence-corrected chi connectivity index (χ0v) is 14.3. The molecule has 1 fully saturated rings. The number of carbonyl (C=O) groups excluding carboxylic acids is 3. The molecule has 0 unspecified atom stereocenters. The van der Waals surface area contributed by atoms with E-state index >= 15 is 0 Å². The standard InChI is InChI=1S/C17H19N5O4/c1-21(8-15(23)20-13-4-5-13)16(24)9-26-17(25)12-2-6-14(7-3-12)22-11-18-10-19-22/h2-3,6-7,10-11,13H,4-5,8-9H2,1H3,(H,20,23). The van der Waals surface area contributed by atoms with Crippen molar-refractivity contribution in [1.29, 1.82) is 0 Å². The number of aromatic nitrogens is 3. The molecule has 26 heavy (non-hydrogen) atoms. The molecule has 0 saturated heterocycles. The Bertz CT molecular complexity index is 784. The number of nitrogens with one attached hydrogen (secondary N) is 1. The van der Waals surface area contributed by atoms with Crippen molar-refractivity contribution in [2.75, 3.05) is 20.2 Å². The summed E-state index contributed by atoms with van der Waals surface area (Å²) in [7, 11) is 1.50. The molecule has 1 N–H and O–H groups in total. The molecule has 9 heteroatoms. The minimum absolute atomic E-state index is 0.0561. The topological polar surface area (TPSA) is 106 Å². The lowest BCUT2D eigenvalue weighted by molar-refractivity contribution is -0.137. The van der Waals surface area contributed by atoms with Crippen LogP contribution < -0.4 is 5.32 Å². The highest BCUT2D eigenvalue weighted by Gasteiger charge is 2.24. The van der Waals surface area contributed by atoms with E-state index in [1.807, 2.05) is 0 Å². The van der Waals surface area contributed by atoms with E-state index in [-0.39, 0.29) is 18.5 Å². The molecule has 1 aromatic carbocycles. The highest BCUT2D eigenvalue weighted by Crippen LogP contribution is 2.18. The summed E-state index contributed by atoms with van der Waals surface area (Å²) in [5.41, 5.74) is 1.06. The molecule has 0 spiro atoms. The van der Waals surface area contributed by atoms with Gasteiger partial charge in [-0.15, -0.1) is 0 Å². The molecule has 0 aliphatic heterocycles. The normalized spacial score (nSPS) is 13.1. The highest BCUT2D eigenvalue weighted by molar-refractivity contribution is 5.92. The zero-order valence-electron chi connectivity index (χ0n) is 14.3. The molecule has 1 aliphatic carbocycles. The fraction of sp³-hybridized carbons (Fsp3) is 0.353. The maximum Gasteiger partial charge on any atom is 0.338 e. The Hall–Kier alpha value is -3.23. The van der Waals surface area contributed by atoms with Gasteiger partial charge in [0.15, 0.2) is 6.61 Å². The van der Waals surface area contributed by atoms with Gasteiger partial charge in [0.1, 0.15) is 12.7 Å². The third-order valence-corrected chi connectivity index (χ3v) is 3.86. The average Bonchev–Trinajstić information content (AvgIpc) is 3.27. The smallest absolute Gasteiger partial charge is 0.338 e. The van der Waals surface area contributed by atoms with Gasteiger partial charge >= 0.3 is 5.97 Å². The fourth-order valence-electron chi connectivity index (χ4n) is 2.22. The van der Waals surface area contributed by atoms with Crippen LogP contribution in [0.4, 0.5) is 0 Å². The quantitative estimate of drug-likeness (QED) is 0.708. The first kappa shape index (κ1) is 17.6. The van der Waals surface area contributed by atoms with Gasteiger partial charge in [0.05, 0.1) is 17.8 Å². The lowest BCUT2D eigenvalue weighted by atomic mass is 10.2. The Morgan fingerprint density at radius 1 is 1.27 bits per heavy atom. The summed E-state index contributed by atoms with van der Waals surface area (Å²) in [6.07, 6.45) is 4.92. The second-order valence-electron chi connectivity index (χ2n) is 6.05. The van der Waals surface area contributed by atoms with Gasteiger partial charge in [0, 0.05) is 13.1 Å². The summed E-state index contributed by atoms with van der Waals surface area (Å²) < 4.78 is 6.58. The molecule has 1 aliphatic rings. The van der Waals surface area contributed by atoms with Gasteiger partial charge in [-0.25, -0.2) is 14.5 Å². The van der Waals surface area contributed by atoms with Crippen LogP contribution in [-0.2, 0) is 14.3 Å². The Morgan fingerprint density at radius 2 is 2.00 bits per heavy atom. The highest BCUT2D eigenvalue weighted by atomic mass is 16.5. The van der Waals surface area contributed by atoms with Gasteiger partial charge in [-0.2, -0.15) is 5.10 Å². The molecule has 1 saturated carbocycles. The van der Waals surface area contributed by atoms with Crippen LogP contribution in [0.1, 0.15) is 23.2 Å². The molecule has 0 atom stereocenters. The van der Waals surface area contributed by atoms with Gasteiger partial charge in [0.2, 0.25) is 5.91 Å². The summed E-state index contributed by atoms with van der Waals surface area (Å²) in [5.74, 6) is -1.26. The monoisotopic (exact) mass is 357 g/mol. The molecule has 0 bridgehead atoms. The van der Waals surface area contributed by atoms with E-state index in [0.29, 0.717) is 5.56 Å². The fourth-order valence-corrected chi connectivity index (χ4v) is 2.22. The Morgan fingerprint density at radius 3 is 2.62 bits per heavy atom.